The van der Waals surface area contributed by atoms with Crippen molar-refractivity contribution in [3.63, 3.8) is 0 Å². The Balaban J connectivity index is 1.73. The minimum Gasteiger partial charge on any atom is -0.462 e. The van der Waals surface area contributed by atoms with E-state index in [0.29, 0.717) is 23.7 Å². The molecule has 0 radical (unpaired) electrons. The number of likely N-dealkylation sites (N-methyl/N-ethyl adjacent to an activating group) is 1. The fourth-order valence-corrected chi connectivity index (χ4v) is 4.92. The highest BCUT2D eigenvalue weighted by atomic mass is 32.1. The predicted molar refractivity (Wildman–Crippen MR) is 104 cm³/mol. The smallest absolute Gasteiger partial charge is 0.341 e. The first-order valence-electron chi connectivity index (χ1n) is 9.61. The zero-order valence-electron chi connectivity index (χ0n) is 15.8. The van der Waals surface area contributed by atoms with Crippen molar-refractivity contribution in [2.75, 3.05) is 51.7 Å². The quantitative estimate of drug-likeness (QED) is 0.629. The Morgan fingerprint density at radius 3 is 2.58 bits per heavy atom. The summed E-state index contributed by atoms with van der Waals surface area (Å²) >= 11 is 1.56. The molecule has 2 heterocycles. The van der Waals surface area contributed by atoms with Crippen molar-refractivity contribution in [3.8, 4) is 0 Å². The second kappa shape index (κ2) is 8.97. The number of carbonyl (C=O) groups excluding carboxylic acids is 2. The molecule has 1 amide bonds. The number of aryl methyl sites for hydroxylation is 1. The average Bonchev–Trinajstić information content (AvgIpc) is 2.78. The van der Waals surface area contributed by atoms with Crippen LogP contribution in [0.1, 0.15) is 47.0 Å². The monoisotopic (exact) mass is 379 g/mol. The molecule has 1 aliphatic heterocycles. The van der Waals surface area contributed by atoms with Gasteiger partial charge >= 0.3 is 5.97 Å². The highest BCUT2D eigenvalue weighted by Gasteiger charge is 2.27. The molecule has 1 saturated heterocycles. The average molecular weight is 380 g/mol. The molecule has 0 aromatic carbocycles. The van der Waals surface area contributed by atoms with Crippen molar-refractivity contribution in [2.24, 2.45) is 0 Å². The van der Waals surface area contributed by atoms with Gasteiger partial charge in [-0.15, -0.1) is 11.3 Å². The van der Waals surface area contributed by atoms with Gasteiger partial charge in [0.05, 0.1) is 18.7 Å². The van der Waals surface area contributed by atoms with Crippen LogP contribution in [0.15, 0.2) is 0 Å². The summed E-state index contributed by atoms with van der Waals surface area (Å²) in [6.45, 7) is 6.29. The van der Waals surface area contributed by atoms with Gasteiger partial charge in [-0.3, -0.25) is 9.69 Å². The summed E-state index contributed by atoms with van der Waals surface area (Å²) in [5, 5.41) is 3.68. The van der Waals surface area contributed by atoms with E-state index in [1.54, 1.807) is 11.3 Å². The molecular weight excluding hydrogens is 350 g/mol. The van der Waals surface area contributed by atoms with Crippen LogP contribution < -0.4 is 5.32 Å². The SMILES string of the molecule is CCOC(=O)c1c(NC(=O)CN2CCN(C)CC2)sc2c1CCCCC2. The van der Waals surface area contributed by atoms with Gasteiger partial charge in [-0.2, -0.15) is 0 Å². The zero-order valence-corrected chi connectivity index (χ0v) is 16.6. The number of carbonyl (C=O) groups is 2. The molecule has 0 saturated carbocycles. The Bertz CT molecular complexity index is 651. The molecule has 144 valence electrons. The van der Waals surface area contributed by atoms with Gasteiger partial charge in [-0.05, 0) is 45.2 Å². The fourth-order valence-electron chi connectivity index (χ4n) is 3.63. The summed E-state index contributed by atoms with van der Waals surface area (Å²) in [6, 6.07) is 0. The lowest BCUT2D eigenvalue weighted by molar-refractivity contribution is -0.117. The van der Waals surface area contributed by atoms with Crippen LogP contribution in [-0.2, 0) is 22.4 Å². The highest BCUT2D eigenvalue weighted by molar-refractivity contribution is 7.17. The number of nitrogens with zero attached hydrogens (tertiary/aromatic N) is 2. The lowest BCUT2D eigenvalue weighted by atomic mass is 10.1. The second-order valence-corrected chi connectivity index (χ2v) is 8.22. The number of fused-ring (bicyclic) bond motifs is 1. The molecule has 1 fully saturated rings. The fraction of sp³-hybridized carbons (Fsp3) is 0.684. The van der Waals surface area contributed by atoms with Gasteiger partial charge in [0.2, 0.25) is 5.91 Å². The predicted octanol–water partition coefficient (Wildman–Crippen LogP) is 2.38. The lowest BCUT2D eigenvalue weighted by Gasteiger charge is -2.31. The van der Waals surface area contributed by atoms with Crippen LogP contribution in [0.2, 0.25) is 0 Å². The molecular formula is C19H29N3O3S. The molecule has 0 atom stereocenters. The van der Waals surface area contributed by atoms with E-state index in [1.807, 2.05) is 6.92 Å². The highest BCUT2D eigenvalue weighted by Crippen LogP contribution is 2.38. The number of piperazine rings is 1. The molecule has 1 N–H and O–H groups in total. The molecule has 2 aliphatic rings. The number of anilines is 1. The minimum atomic E-state index is -0.304. The van der Waals surface area contributed by atoms with E-state index >= 15 is 0 Å². The number of esters is 1. The molecule has 1 aliphatic carbocycles. The first kappa shape index (κ1) is 19.3. The maximum absolute atomic E-state index is 12.6. The van der Waals surface area contributed by atoms with Gasteiger partial charge in [-0.1, -0.05) is 6.42 Å². The van der Waals surface area contributed by atoms with Crippen LogP contribution in [0, 0.1) is 0 Å². The number of thiophene rings is 1. The normalized spacial score (nSPS) is 18.8. The Morgan fingerprint density at radius 1 is 1.12 bits per heavy atom. The summed E-state index contributed by atoms with van der Waals surface area (Å²) < 4.78 is 5.28. The van der Waals surface area contributed by atoms with Crippen molar-refractivity contribution >= 4 is 28.2 Å². The Kier molecular flexibility index (Phi) is 6.67. The Hall–Kier alpha value is -1.44. The number of hydrogen-bond acceptors (Lipinski definition) is 6. The number of rotatable bonds is 5. The van der Waals surface area contributed by atoms with E-state index in [-0.39, 0.29) is 11.9 Å². The van der Waals surface area contributed by atoms with Crippen LogP contribution in [0.25, 0.3) is 0 Å². The summed E-state index contributed by atoms with van der Waals surface area (Å²) in [5.41, 5.74) is 1.70. The van der Waals surface area contributed by atoms with Crippen LogP contribution in [0.5, 0.6) is 0 Å². The van der Waals surface area contributed by atoms with E-state index < -0.39 is 0 Å². The zero-order chi connectivity index (χ0) is 18.5. The van der Waals surface area contributed by atoms with E-state index in [9.17, 15) is 9.59 Å². The van der Waals surface area contributed by atoms with Gasteiger partial charge in [-0.25, -0.2) is 4.79 Å². The third kappa shape index (κ3) is 4.64. The van der Waals surface area contributed by atoms with Gasteiger partial charge in [0.15, 0.2) is 0 Å². The maximum Gasteiger partial charge on any atom is 0.341 e. The van der Waals surface area contributed by atoms with E-state index in [2.05, 4.69) is 22.2 Å². The molecule has 1 aromatic heterocycles. The Labute approximate surface area is 159 Å². The summed E-state index contributed by atoms with van der Waals surface area (Å²) in [4.78, 5) is 30.8. The van der Waals surface area contributed by atoms with E-state index in [0.717, 1.165) is 57.4 Å². The first-order chi connectivity index (χ1) is 12.6. The minimum absolute atomic E-state index is 0.0449. The maximum atomic E-state index is 12.6. The molecule has 0 unspecified atom stereocenters. The van der Waals surface area contributed by atoms with E-state index in [1.165, 1.54) is 11.3 Å². The van der Waals surface area contributed by atoms with Crippen molar-refractivity contribution in [1.82, 2.24) is 9.80 Å². The summed E-state index contributed by atoms with van der Waals surface area (Å²) in [6.07, 6.45) is 5.30. The first-order valence-corrected chi connectivity index (χ1v) is 10.4. The van der Waals surface area contributed by atoms with Crippen LogP contribution in [0.4, 0.5) is 5.00 Å². The largest absolute Gasteiger partial charge is 0.462 e. The van der Waals surface area contributed by atoms with Crippen molar-refractivity contribution in [2.45, 2.75) is 39.0 Å². The Morgan fingerprint density at radius 2 is 1.85 bits per heavy atom. The van der Waals surface area contributed by atoms with Gasteiger partial charge < -0.3 is 15.0 Å². The molecule has 1 aromatic rings. The molecule has 7 heteroatoms. The van der Waals surface area contributed by atoms with Crippen LogP contribution in [-0.4, -0.2) is 68.1 Å². The van der Waals surface area contributed by atoms with Gasteiger partial charge in [0.1, 0.15) is 5.00 Å². The molecule has 26 heavy (non-hydrogen) atoms. The lowest BCUT2D eigenvalue weighted by Crippen LogP contribution is -2.47. The van der Waals surface area contributed by atoms with Crippen molar-refractivity contribution in [3.05, 3.63) is 16.0 Å². The van der Waals surface area contributed by atoms with Gasteiger partial charge in [0, 0.05) is 31.1 Å². The third-order valence-electron chi connectivity index (χ3n) is 5.12. The molecule has 0 spiro atoms. The number of nitrogens with one attached hydrogen (secondary N) is 1. The van der Waals surface area contributed by atoms with Crippen molar-refractivity contribution < 1.29 is 14.3 Å². The second-order valence-electron chi connectivity index (χ2n) is 7.12. The summed E-state index contributed by atoms with van der Waals surface area (Å²) in [7, 11) is 2.10. The molecule has 3 rings (SSSR count). The van der Waals surface area contributed by atoms with Crippen LogP contribution >= 0.6 is 11.3 Å². The van der Waals surface area contributed by atoms with E-state index in [4.69, 9.17) is 4.74 Å². The number of amides is 1. The van der Waals surface area contributed by atoms with Gasteiger partial charge in [0.25, 0.3) is 0 Å². The third-order valence-corrected chi connectivity index (χ3v) is 6.32. The number of ether oxygens (including phenoxy) is 1. The van der Waals surface area contributed by atoms with Crippen molar-refractivity contribution in [1.29, 1.82) is 0 Å². The van der Waals surface area contributed by atoms with Crippen LogP contribution in [0.3, 0.4) is 0 Å². The summed E-state index contributed by atoms with van der Waals surface area (Å²) in [5.74, 6) is -0.349. The molecule has 0 bridgehead atoms. The standard InChI is InChI=1S/C19H29N3O3S/c1-3-25-19(24)17-14-7-5-4-6-8-15(14)26-18(17)20-16(23)13-22-11-9-21(2)10-12-22/h3-13H2,1-2H3,(H,20,23). The topological polar surface area (TPSA) is 61.9 Å². The number of hydrogen-bond donors (Lipinski definition) is 1. The molecule has 6 nitrogen and oxygen atoms in total.